The number of carbonyl (C=O) groups excluding carboxylic acids is 3. The van der Waals surface area contributed by atoms with Crippen LogP contribution < -0.4 is 10.6 Å². The molecule has 3 rings (SSSR count). The van der Waals surface area contributed by atoms with Crippen LogP contribution in [0, 0.1) is 0 Å². The Morgan fingerprint density at radius 2 is 1.68 bits per heavy atom. The van der Waals surface area contributed by atoms with Gasteiger partial charge in [0.2, 0.25) is 17.7 Å². The molecule has 1 aromatic heterocycles. The van der Waals surface area contributed by atoms with Gasteiger partial charge in [-0.05, 0) is 37.0 Å². The van der Waals surface area contributed by atoms with Crippen LogP contribution >= 0.6 is 0 Å². The molecule has 0 bridgehead atoms. The highest BCUT2D eigenvalue weighted by atomic mass is 16.2. The van der Waals surface area contributed by atoms with Gasteiger partial charge in [-0.3, -0.25) is 14.4 Å². The second-order valence-corrected chi connectivity index (χ2v) is 7.81. The van der Waals surface area contributed by atoms with Crippen molar-refractivity contribution in [3.63, 3.8) is 0 Å². The van der Waals surface area contributed by atoms with E-state index in [-0.39, 0.29) is 43.1 Å². The summed E-state index contributed by atoms with van der Waals surface area (Å²) in [6.45, 7) is 0.572. The predicted octanol–water partition coefficient (Wildman–Crippen LogP) is 2.93. The number of hydrogen-bond donors (Lipinski definition) is 2. The Morgan fingerprint density at radius 3 is 2.39 bits per heavy atom. The molecule has 7 nitrogen and oxygen atoms in total. The van der Waals surface area contributed by atoms with Gasteiger partial charge in [0.1, 0.15) is 5.82 Å². The topological polar surface area (TPSA) is 91.4 Å². The fourth-order valence-corrected chi connectivity index (χ4v) is 3.84. The molecule has 1 aliphatic rings. The molecule has 2 N–H and O–H groups in total. The van der Waals surface area contributed by atoms with Crippen LogP contribution in [0.5, 0.6) is 0 Å². The van der Waals surface area contributed by atoms with E-state index in [0.717, 1.165) is 37.7 Å². The van der Waals surface area contributed by atoms with Crippen molar-refractivity contribution >= 4 is 23.5 Å². The van der Waals surface area contributed by atoms with Crippen molar-refractivity contribution in [1.29, 1.82) is 0 Å². The average molecular weight is 423 g/mol. The Bertz CT molecular complexity index is 852. The summed E-state index contributed by atoms with van der Waals surface area (Å²) < 4.78 is 0. The number of benzene rings is 1. The largest absolute Gasteiger partial charge is 0.354 e. The van der Waals surface area contributed by atoms with Crippen LogP contribution in [0.2, 0.25) is 0 Å². The quantitative estimate of drug-likeness (QED) is 0.616. The first kappa shape index (κ1) is 22.5. The van der Waals surface area contributed by atoms with E-state index in [1.165, 1.54) is 0 Å². The van der Waals surface area contributed by atoms with Gasteiger partial charge in [0, 0.05) is 31.6 Å². The molecule has 0 atom stereocenters. The Kier molecular flexibility index (Phi) is 8.58. The summed E-state index contributed by atoms with van der Waals surface area (Å²) in [5, 5.41) is 5.61. The van der Waals surface area contributed by atoms with Gasteiger partial charge in [0.15, 0.2) is 0 Å². The zero-order chi connectivity index (χ0) is 21.9. The lowest BCUT2D eigenvalue weighted by atomic mass is 10.1. The molecule has 0 radical (unpaired) electrons. The van der Waals surface area contributed by atoms with E-state index >= 15 is 0 Å². The standard InChI is InChI=1S/C24H30N4O3/c29-22(27-21-12-6-7-16-25-21)13-14-24(31)28(20-10-4-5-11-20)18-23(30)26-17-15-19-8-2-1-3-9-19/h1-3,6-9,12,16,20H,4-5,10-11,13-15,17-18H2,(H,26,30)(H,25,27,29). The summed E-state index contributed by atoms with van der Waals surface area (Å²) in [6.07, 6.45) is 6.41. The maximum Gasteiger partial charge on any atom is 0.239 e. The van der Waals surface area contributed by atoms with Crippen molar-refractivity contribution in [2.75, 3.05) is 18.4 Å². The van der Waals surface area contributed by atoms with Crippen LogP contribution in [0.25, 0.3) is 0 Å². The molecule has 7 heteroatoms. The normalized spacial score (nSPS) is 13.5. The van der Waals surface area contributed by atoms with E-state index in [1.807, 2.05) is 30.3 Å². The number of nitrogens with one attached hydrogen (secondary N) is 2. The minimum Gasteiger partial charge on any atom is -0.354 e. The average Bonchev–Trinajstić information content (AvgIpc) is 3.32. The van der Waals surface area contributed by atoms with Crippen LogP contribution in [-0.2, 0) is 20.8 Å². The van der Waals surface area contributed by atoms with Gasteiger partial charge in [-0.25, -0.2) is 4.98 Å². The smallest absolute Gasteiger partial charge is 0.239 e. The molecular formula is C24H30N4O3. The van der Waals surface area contributed by atoms with E-state index in [2.05, 4.69) is 15.6 Å². The van der Waals surface area contributed by atoms with Gasteiger partial charge in [0.25, 0.3) is 0 Å². The highest BCUT2D eigenvalue weighted by molar-refractivity contribution is 5.93. The zero-order valence-electron chi connectivity index (χ0n) is 17.8. The van der Waals surface area contributed by atoms with Gasteiger partial charge < -0.3 is 15.5 Å². The number of nitrogens with zero attached hydrogens (tertiary/aromatic N) is 2. The highest BCUT2D eigenvalue weighted by Crippen LogP contribution is 2.24. The molecule has 0 aliphatic heterocycles. The molecule has 3 amide bonds. The lowest BCUT2D eigenvalue weighted by molar-refractivity contribution is -0.139. The third kappa shape index (κ3) is 7.51. The SMILES string of the molecule is O=C(CN(C(=O)CCC(=O)Nc1ccccn1)C1CCCC1)NCCc1ccccc1. The van der Waals surface area contributed by atoms with Crippen LogP contribution in [0.1, 0.15) is 44.1 Å². The van der Waals surface area contributed by atoms with E-state index in [4.69, 9.17) is 0 Å². The molecule has 0 saturated heterocycles. The molecule has 1 aliphatic carbocycles. The lowest BCUT2D eigenvalue weighted by Gasteiger charge is -2.28. The Morgan fingerprint density at radius 1 is 0.935 bits per heavy atom. The Hall–Kier alpha value is -3.22. The van der Waals surface area contributed by atoms with E-state index in [9.17, 15) is 14.4 Å². The third-order valence-corrected chi connectivity index (χ3v) is 5.48. The molecule has 31 heavy (non-hydrogen) atoms. The summed E-state index contributed by atoms with van der Waals surface area (Å²) in [5.41, 5.74) is 1.16. The molecule has 0 unspecified atom stereocenters. The van der Waals surface area contributed by atoms with Gasteiger partial charge in [-0.15, -0.1) is 0 Å². The minimum atomic E-state index is -0.259. The van der Waals surface area contributed by atoms with Crippen molar-refractivity contribution in [3.05, 3.63) is 60.3 Å². The number of aromatic nitrogens is 1. The number of carbonyl (C=O) groups is 3. The van der Waals surface area contributed by atoms with Crippen molar-refractivity contribution in [2.45, 2.75) is 51.0 Å². The zero-order valence-corrected chi connectivity index (χ0v) is 17.8. The summed E-state index contributed by atoms with van der Waals surface area (Å²) in [7, 11) is 0. The summed E-state index contributed by atoms with van der Waals surface area (Å²) >= 11 is 0. The van der Waals surface area contributed by atoms with Crippen LogP contribution in [-0.4, -0.2) is 46.7 Å². The van der Waals surface area contributed by atoms with Gasteiger partial charge in [-0.2, -0.15) is 0 Å². The predicted molar refractivity (Wildman–Crippen MR) is 119 cm³/mol. The number of anilines is 1. The second-order valence-electron chi connectivity index (χ2n) is 7.81. The van der Waals surface area contributed by atoms with Crippen molar-refractivity contribution in [3.8, 4) is 0 Å². The monoisotopic (exact) mass is 422 g/mol. The van der Waals surface area contributed by atoms with Crippen LogP contribution in [0.4, 0.5) is 5.82 Å². The molecule has 164 valence electrons. The first-order valence-corrected chi connectivity index (χ1v) is 10.9. The first-order chi connectivity index (χ1) is 15.1. The van der Waals surface area contributed by atoms with E-state index < -0.39 is 0 Å². The number of pyridine rings is 1. The Labute approximate surface area is 183 Å². The first-order valence-electron chi connectivity index (χ1n) is 10.9. The van der Waals surface area contributed by atoms with E-state index in [1.54, 1.807) is 29.3 Å². The highest BCUT2D eigenvalue weighted by Gasteiger charge is 2.28. The molecular weight excluding hydrogens is 392 g/mol. The fraction of sp³-hybridized carbons (Fsp3) is 0.417. The van der Waals surface area contributed by atoms with Crippen LogP contribution in [0.3, 0.4) is 0 Å². The number of hydrogen-bond acceptors (Lipinski definition) is 4. The maximum absolute atomic E-state index is 12.9. The van der Waals surface area contributed by atoms with Crippen LogP contribution in [0.15, 0.2) is 54.7 Å². The Balaban J connectivity index is 1.47. The van der Waals surface area contributed by atoms with Gasteiger partial charge >= 0.3 is 0 Å². The minimum absolute atomic E-state index is 0.0418. The summed E-state index contributed by atoms with van der Waals surface area (Å²) in [4.78, 5) is 43.2. The molecule has 1 heterocycles. The van der Waals surface area contributed by atoms with Gasteiger partial charge in [0.05, 0.1) is 6.54 Å². The summed E-state index contributed by atoms with van der Waals surface area (Å²) in [6, 6.07) is 15.3. The maximum atomic E-state index is 12.9. The van der Waals surface area contributed by atoms with Crippen molar-refractivity contribution in [2.24, 2.45) is 0 Å². The molecule has 1 aromatic carbocycles. The molecule has 0 spiro atoms. The van der Waals surface area contributed by atoms with Crippen molar-refractivity contribution in [1.82, 2.24) is 15.2 Å². The summed E-state index contributed by atoms with van der Waals surface area (Å²) in [5.74, 6) is -0.105. The fourth-order valence-electron chi connectivity index (χ4n) is 3.84. The van der Waals surface area contributed by atoms with Gasteiger partial charge in [-0.1, -0.05) is 49.2 Å². The third-order valence-electron chi connectivity index (χ3n) is 5.48. The van der Waals surface area contributed by atoms with Crippen molar-refractivity contribution < 1.29 is 14.4 Å². The lowest BCUT2D eigenvalue weighted by Crippen LogP contribution is -2.46. The molecule has 1 fully saturated rings. The molecule has 2 aromatic rings. The molecule has 1 saturated carbocycles. The number of amides is 3. The number of rotatable bonds is 10. The second kappa shape index (κ2) is 11.8. The van der Waals surface area contributed by atoms with E-state index in [0.29, 0.717) is 12.4 Å².